The number of carbonyl (C=O) groups is 4. The van der Waals surface area contributed by atoms with Crippen LogP contribution in [0.3, 0.4) is 0 Å². The molecule has 0 fully saturated rings. The van der Waals surface area contributed by atoms with Crippen LogP contribution in [0.4, 0.5) is 11.4 Å². The van der Waals surface area contributed by atoms with E-state index in [2.05, 4.69) is 5.32 Å². The maximum absolute atomic E-state index is 13.8. The molecule has 1 aliphatic rings. The summed E-state index contributed by atoms with van der Waals surface area (Å²) in [6, 6.07) is 23.2. The normalized spacial score (nSPS) is 14.5. The average molecular weight is 519 g/mol. The fourth-order valence-corrected chi connectivity index (χ4v) is 4.51. The van der Waals surface area contributed by atoms with Crippen molar-refractivity contribution in [2.45, 2.75) is 6.10 Å². The van der Waals surface area contributed by atoms with E-state index in [9.17, 15) is 34.6 Å². The molecule has 4 aromatic rings. The number of esters is 1. The highest BCUT2D eigenvalue weighted by Gasteiger charge is 2.46. The van der Waals surface area contributed by atoms with E-state index in [1.807, 2.05) is 12.1 Å². The first-order valence-electron chi connectivity index (χ1n) is 11.6. The number of rotatable bonds is 7. The van der Waals surface area contributed by atoms with Gasteiger partial charge in [-0.1, -0.05) is 54.6 Å². The lowest BCUT2D eigenvalue weighted by molar-refractivity contribution is -0.384. The maximum Gasteiger partial charge on any atom is 0.339 e. The third-order valence-electron chi connectivity index (χ3n) is 6.43. The van der Waals surface area contributed by atoms with Gasteiger partial charge in [0.25, 0.3) is 11.6 Å². The summed E-state index contributed by atoms with van der Waals surface area (Å²) in [5.74, 6) is -5.66. The van der Waals surface area contributed by atoms with Gasteiger partial charge in [-0.3, -0.25) is 24.5 Å². The lowest BCUT2D eigenvalue weighted by atomic mass is 9.84. The van der Waals surface area contributed by atoms with Crippen LogP contribution >= 0.6 is 0 Å². The molecule has 39 heavy (non-hydrogen) atoms. The quantitative estimate of drug-likeness (QED) is 0.0931. The van der Waals surface area contributed by atoms with Crippen LogP contribution < -0.4 is 5.32 Å². The molecular formula is C29H17N3O7. The number of ketones is 2. The van der Waals surface area contributed by atoms with E-state index in [1.54, 1.807) is 48.5 Å². The Bertz CT molecular complexity index is 1760. The Labute approximate surface area is 220 Å². The molecule has 1 N–H and O–H groups in total. The first-order valence-corrected chi connectivity index (χ1v) is 11.6. The number of cyclic esters (lactones) is 1. The van der Waals surface area contributed by atoms with Crippen LogP contribution in [-0.2, 0) is 14.3 Å². The lowest BCUT2D eigenvalue weighted by Crippen LogP contribution is -2.38. The number of amides is 1. The van der Waals surface area contributed by atoms with Crippen LogP contribution in [0.5, 0.6) is 0 Å². The van der Waals surface area contributed by atoms with Gasteiger partial charge in [0, 0.05) is 23.3 Å². The van der Waals surface area contributed by atoms with Crippen molar-refractivity contribution in [3.05, 3.63) is 117 Å². The van der Waals surface area contributed by atoms with Gasteiger partial charge >= 0.3 is 5.97 Å². The lowest BCUT2D eigenvalue weighted by Gasteiger charge is -2.21. The molecule has 190 valence electrons. The molecule has 1 aliphatic heterocycles. The molecule has 0 unspecified atom stereocenters. The van der Waals surface area contributed by atoms with Crippen molar-refractivity contribution < 1.29 is 28.8 Å². The maximum atomic E-state index is 13.8. The van der Waals surface area contributed by atoms with Crippen molar-refractivity contribution in [2.24, 2.45) is 5.92 Å². The number of nitrogens with one attached hydrogen (secondary N) is 1. The number of anilines is 1. The number of Topliss-reactive ketones (excluding diaryl/α,β-unsaturated/α-hetero) is 2. The highest BCUT2D eigenvalue weighted by atomic mass is 16.6. The number of nitriles is 1. The summed E-state index contributed by atoms with van der Waals surface area (Å²) in [6.45, 7) is 0. The fraction of sp³-hybridized carbons (Fsp3) is 0.0690. The third kappa shape index (κ3) is 4.60. The van der Waals surface area contributed by atoms with Gasteiger partial charge in [0.2, 0.25) is 5.78 Å². The number of carbonyl (C=O) groups excluding carboxylic acids is 4. The number of nitrogens with zero attached hydrogens (tertiary/aromatic N) is 2. The van der Waals surface area contributed by atoms with E-state index in [0.29, 0.717) is 0 Å². The topological polar surface area (TPSA) is 156 Å². The smallest absolute Gasteiger partial charge is 0.339 e. The van der Waals surface area contributed by atoms with Gasteiger partial charge < -0.3 is 10.1 Å². The second-order valence-electron chi connectivity index (χ2n) is 8.73. The summed E-state index contributed by atoms with van der Waals surface area (Å²) in [6.07, 6.45) is -1.36. The monoisotopic (exact) mass is 519 g/mol. The standard InChI is InChI=1S/C29H17N3O7/c30-15-19-14-20(32(37)38)11-12-23(19)31-28(35)26(34)24(27-21-7-3-4-8-22(21)29(36)39-27)25(33)18-10-9-16-5-1-2-6-17(16)13-18/h1-14,24,27H,(H,31,35)/t24-,27+/m1/s1. The van der Waals surface area contributed by atoms with E-state index in [-0.39, 0.29) is 33.6 Å². The molecule has 0 radical (unpaired) electrons. The Morgan fingerprint density at radius 1 is 0.949 bits per heavy atom. The van der Waals surface area contributed by atoms with Gasteiger partial charge in [-0.05, 0) is 29.0 Å². The molecule has 0 saturated heterocycles. The van der Waals surface area contributed by atoms with E-state index >= 15 is 0 Å². The Kier molecular flexibility index (Phi) is 6.40. The minimum absolute atomic E-state index is 0.133. The van der Waals surface area contributed by atoms with E-state index < -0.39 is 40.4 Å². The van der Waals surface area contributed by atoms with Gasteiger partial charge in [-0.25, -0.2) is 4.79 Å². The SMILES string of the molecule is N#Cc1cc([N+](=O)[O-])ccc1NC(=O)C(=O)[C@@H](C(=O)c1ccc2ccccc2c1)[C@H]1OC(=O)c2ccccc21. The summed E-state index contributed by atoms with van der Waals surface area (Å²) >= 11 is 0. The Morgan fingerprint density at radius 2 is 1.67 bits per heavy atom. The number of fused-ring (bicyclic) bond motifs is 2. The van der Waals surface area contributed by atoms with Crippen LogP contribution in [0.25, 0.3) is 10.8 Å². The number of non-ortho nitro benzene ring substituents is 1. The van der Waals surface area contributed by atoms with Crippen molar-refractivity contribution >= 4 is 45.6 Å². The summed E-state index contributed by atoms with van der Waals surface area (Å²) in [5, 5.41) is 24.3. The van der Waals surface area contributed by atoms with Crippen molar-refractivity contribution in [3.63, 3.8) is 0 Å². The molecule has 0 aliphatic carbocycles. The molecule has 5 rings (SSSR count). The Balaban J connectivity index is 1.54. The van der Waals surface area contributed by atoms with E-state index in [0.717, 1.165) is 29.0 Å². The zero-order valence-corrected chi connectivity index (χ0v) is 20.0. The second-order valence-corrected chi connectivity index (χ2v) is 8.73. The van der Waals surface area contributed by atoms with Crippen LogP contribution in [-0.4, -0.2) is 28.4 Å². The van der Waals surface area contributed by atoms with Crippen LogP contribution in [0.2, 0.25) is 0 Å². The summed E-state index contributed by atoms with van der Waals surface area (Å²) in [4.78, 5) is 63.4. The second kappa shape index (κ2) is 9.99. The number of hydrogen-bond acceptors (Lipinski definition) is 8. The molecule has 0 saturated carbocycles. The largest absolute Gasteiger partial charge is 0.453 e. The third-order valence-corrected chi connectivity index (χ3v) is 6.43. The number of benzene rings is 4. The first kappa shape index (κ1) is 25.0. The van der Waals surface area contributed by atoms with Crippen molar-refractivity contribution in [3.8, 4) is 6.07 Å². The van der Waals surface area contributed by atoms with Gasteiger partial charge in [-0.15, -0.1) is 0 Å². The van der Waals surface area contributed by atoms with Gasteiger partial charge in [0.05, 0.1) is 21.7 Å². The van der Waals surface area contributed by atoms with Gasteiger partial charge in [-0.2, -0.15) is 5.26 Å². The zero-order chi connectivity index (χ0) is 27.7. The Hall–Kier alpha value is -5.69. The van der Waals surface area contributed by atoms with Gasteiger partial charge in [0.1, 0.15) is 18.1 Å². The molecule has 0 aromatic heterocycles. The van der Waals surface area contributed by atoms with Crippen LogP contribution in [0, 0.1) is 27.4 Å². The highest BCUT2D eigenvalue weighted by Crippen LogP contribution is 2.38. The molecule has 1 heterocycles. The van der Waals surface area contributed by atoms with E-state index in [4.69, 9.17) is 4.74 Å². The number of nitro groups is 1. The number of ether oxygens (including phenoxy) is 1. The molecule has 10 heteroatoms. The number of hydrogen-bond donors (Lipinski definition) is 1. The van der Waals surface area contributed by atoms with Crippen molar-refractivity contribution in [2.75, 3.05) is 5.32 Å². The molecular weight excluding hydrogens is 502 g/mol. The molecule has 2 atom stereocenters. The molecule has 0 bridgehead atoms. The minimum Gasteiger partial charge on any atom is -0.453 e. The van der Waals surface area contributed by atoms with Gasteiger partial charge in [0.15, 0.2) is 5.78 Å². The van der Waals surface area contributed by atoms with Crippen LogP contribution in [0.1, 0.15) is 37.9 Å². The van der Waals surface area contributed by atoms with Crippen molar-refractivity contribution in [1.82, 2.24) is 0 Å². The molecule has 0 spiro atoms. The molecule has 1 amide bonds. The van der Waals surface area contributed by atoms with E-state index in [1.165, 1.54) is 12.1 Å². The predicted octanol–water partition coefficient (Wildman–Crippen LogP) is 4.54. The highest BCUT2D eigenvalue weighted by molar-refractivity contribution is 6.45. The summed E-state index contributed by atoms with van der Waals surface area (Å²) in [5.41, 5.74) is -0.185. The minimum atomic E-state index is -1.73. The van der Waals surface area contributed by atoms with Crippen LogP contribution in [0.15, 0.2) is 84.9 Å². The summed E-state index contributed by atoms with van der Waals surface area (Å²) in [7, 11) is 0. The Morgan fingerprint density at radius 3 is 2.41 bits per heavy atom. The fourth-order valence-electron chi connectivity index (χ4n) is 4.51. The average Bonchev–Trinajstić information content (AvgIpc) is 3.28. The zero-order valence-electron chi connectivity index (χ0n) is 20.0. The first-order chi connectivity index (χ1) is 18.8. The summed E-state index contributed by atoms with van der Waals surface area (Å²) < 4.78 is 5.44. The molecule has 4 aromatic carbocycles. The van der Waals surface area contributed by atoms with Crippen molar-refractivity contribution in [1.29, 1.82) is 5.26 Å². The predicted molar refractivity (Wildman–Crippen MR) is 138 cm³/mol. The molecule has 10 nitrogen and oxygen atoms in total. The number of nitro benzene ring substituents is 1.